The Bertz CT molecular complexity index is 1040. The molecule has 0 aliphatic heterocycles. The molecule has 1 aromatic heterocycles. The van der Waals surface area contributed by atoms with Crippen LogP contribution in [0.1, 0.15) is 42.3 Å². The van der Waals surface area contributed by atoms with Crippen molar-refractivity contribution in [2.45, 2.75) is 34.1 Å². The first-order valence-electron chi connectivity index (χ1n) is 9.71. The summed E-state index contributed by atoms with van der Waals surface area (Å²) in [6, 6.07) is 16.4. The number of benzene rings is 2. The number of nitrogens with two attached hydrogens (primary N) is 1. The normalized spacial score (nSPS) is 11.2. The summed E-state index contributed by atoms with van der Waals surface area (Å²) in [5, 5.41) is 2.73. The molecule has 5 nitrogen and oxygen atoms in total. The van der Waals surface area contributed by atoms with Crippen LogP contribution < -0.4 is 15.8 Å². The lowest BCUT2D eigenvalue weighted by molar-refractivity contribution is 0.102. The third kappa shape index (κ3) is 5.56. The largest absolute Gasteiger partial charge is 0.457 e. The fourth-order valence-corrected chi connectivity index (χ4v) is 3.01. The van der Waals surface area contributed by atoms with E-state index >= 15 is 0 Å². The zero-order chi connectivity index (χ0) is 21.9. The summed E-state index contributed by atoms with van der Waals surface area (Å²) in [6.45, 7) is 8.15. The van der Waals surface area contributed by atoms with Gasteiger partial charge in [0.1, 0.15) is 17.3 Å². The summed E-state index contributed by atoms with van der Waals surface area (Å²) in [7, 11) is 0. The Hall–Kier alpha value is -3.41. The highest BCUT2D eigenvalue weighted by Gasteiger charge is 2.14. The number of pyridine rings is 1. The van der Waals surface area contributed by atoms with Crippen LogP contribution in [0.5, 0.6) is 11.5 Å². The Morgan fingerprint density at radius 1 is 1.07 bits per heavy atom. The minimum atomic E-state index is -0.683. The number of ether oxygens (including phenoxy) is 1. The SMILES string of the molecule is Cc1cc(C(=O)Nc2ccc(Oc3ccc(CC(C)(C)C)cc3)cc2)c(N)nc1F. The number of carbonyl (C=O) groups excluding carboxylic acids is 1. The van der Waals surface area contributed by atoms with Gasteiger partial charge in [-0.3, -0.25) is 4.79 Å². The van der Waals surface area contributed by atoms with Gasteiger partial charge < -0.3 is 15.8 Å². The van der Waals surface area contributed by atoms with Crippen LogP contribution in [0.15, 0.2) is 54.6 Å². The summed E-state index contributed by atoms with van der Waals surface area (Å²) in [5.41, 5.74) is 8.11. The minimum Gasteiger partial charge on any atom is -0.457 e. The van der Waals surface area contributed by atoms with Crippen molar-refractivity contribution in [2.24, 2.45) is 5.41 Å². The Balaban J connectivity index is 1.64. The lowest BCUT2D eigenvalue weighted by atomic mass is 9.88. The Labute approximate surface area is 176 Å². The maximum atomic E-state index is 13.4. The quantitative estimate of drug-likeness (QED) is 0.528. The first-order valence-corrected chi connectivity index (χ1v) is 9.71. The molecule has 0 unspecified atom stereocenters. The van der Waals surface area contributed by atoms with E-state index in [9.17, 15) is 9.18 Å². The molecule has 0 saturated carbocycles. The van der Waals surface area contributed by atoms with Crippen LogP contribution in [-0.4, -0.2) is 10.9 Å². The summed E-state index contributed by atoms with van der Waals surface area (Å²) >= 11 is 0. The molecule has 30 heavy (non-hydrogen) atoms. The molecule has 0 aliphatic carbocycles. The molecule has 0 spiro atoms. The summed E-state index contributed by atoms with van der Waals surface area (Å²) < 4.78 is 19.3. The topological polar surface area (TPSA) is 77.2 Å². The van der Waals surface area contributed by atoms with Gasteiger partial charge in [0.05, 0.1) is 5.56 Å². The van der Waals surface area contributed by atoms with Crippen LogP contribution in [-0.2, 0) is 6.42 Å². The number of nitrogens with zero attached hydrogens (tertiary/aromatic N) is 1. The number of hydrogen-bond donors (Lipinski definition) is 2. The Kier molecular flexibility index (Phi) is 6.06. The number of hydrogen-bond acceptors (Lipinski definition) is 4. The fraction of sp³-hybridized carbons (Fsp3) is 0.250. The first kappa shape index (κ1) is 21.3. The number of halogens is 1. The Morgan fingerprint density at radius 2 is 1.63 bits per heavy atom. The number of aromatic nitrogens is 1. The predicted octanol–water partition coefficient (Wildman–Crippen LogP) is 5.74. The molecule has 0 aliphatic rings. The third-order valence-electron chi connectivity index (χ3n) is 4.43. The van der Waals surface area contributed by atoms with E-state index in [4.69, 9.17) is 10.5 Å². The molecule has 0 bridgehead atoms. The molecule has 3 N–H and O–H groups in total. The van der Waals surface area contributed by atoms with Gasteiger partial charge in [0.15, 0.2) is 0 Å². The van der Waals surface area contributed by atoms with Crippen LogP contribution in [0, 0.1) is 18.3 Å². The number of carbonyl (C=O) groups is 1. The second-order valence-electron chi connectivity index (χ2n) is 8.49. The number of amides is 1. The number of aryl methyl sites for hydroxylation is 1. The van der Waals surface area contributed by atoms with Gasteiger partial charge in [-0.05, 0) is 66.8 Å². The highest BCUT2D eigenvalue weighted by atomic mass is 19.1. The van der Waals surface area contributed by atoms with Crippen molar-refractivity contribution < 1.29 is 13.9 Å². The van der Waals surface area contributed by atoms with Gasteiger partial charge in [0.25, 0.3) is 5.91 Å². The van der Waals surface area contributed by atoms with Crippen molar-refractivity contribution in [1.82, 2.24) is 4.98 Å². The van der Waals surface area contributed by atoms with Crippen molar-refractivity contribution in [2.75, 3.05) is 11.1 Å². The van der Waals surface area contributed by atoms with E-state index in [1.54, 1.807) is 24.3 Å². The number of rotatable bonds is 5. The molecule has 1 amide bonds. The molecule has 0 radical (unpaired) electrons. The van der Waals surface area contributed by atoms with Crippen molar-refractivity contribution in [3.63, 3.8) is 0 Å². The molecule has 2 aromatic carbocycles. The molecular formula is C24H26FN3O2. The smallest absolute Gasteiger partial charge is 0.259 e. The van der Waals surface area contributed by atoms with E-state index in [0.717, 1.165) is 12.2 Å². The second kappa shape index (κ2) is 8.53. The van der Waals surface area contributed by atoms with Gasteiger partial charge in [0.2, 0.25) is 5.95 Å². The van der Waals surface area contributed by atoms with Gasteiger partial charge in [0, 0.05) is 11.3 Å². The maximum absolute atomic E-state index is 13.4. The van der Waals surface area contributed by atoms with Gasteiger partial charge in [-0.1, -0.05) is 32.9 Å². The standard InChI is InChI=1S/C24H26FN3O2/c1-15-13-20(22(26)28-21(15)25)23(29)27-17-7-11-19(12-8-17)30-18-9-5-16(6-10-18)14-24(2,3)4/h5-13H,14H2,1-4H3,(H2,26,28)(H,27,29). The van der Waals surface area contributed by atoms with Gasteiger partial charge in [-0.2, -0.15) is 4.39 Å². The molecule has 156 valence electrons. The average Bonchev–Trinajstić information content (AvgIpc) is 2.66. The van der Waals surface area contributed by atoms with Crippen molar-refractivity contribution in [1.29, 1.82) is 0 Å². The van der Waals surface area contributed by atoms with E-state index < -0.39 is 11.9 Å². The number of anilines is 2. The Morgan fingerprint density at radius 3 is 2.20 bits per heavy atom. The minimum absolute atomic E-state index is 0.129. The van der Waals surface area contributed by atoms with Crippen molar-refractivity contribution in [3.8, 4) is 11.5 Å². The molecule has 0 saturated heterocycles. The van der Waals surface area contributed by atoms with Crippen molar-refractivity contribution in [3.05, 3.63) is 77.2 Å². The summed E-state index contributed by atoms with van der Waals surface area (Å²) in [4.78, 5) is 16.0. The second-order valence-corrected chi connectivity index (χ2v) is 8.49. The molecule has 1 heterocycles. The van der Waals surface area contributed by atoms with Gasteiger partial charge in [-0.25, -0.2) is 4.98 Å². The molecule has 3 rings (SSSR count). The van der Waals surface area contributed by atoms with Crippen LogP contribution in [0.25, 0.3) is 0 Å². The molecule has 6 heteroatoms. The van der Waals surface area contributed by atoms with Crippen LogP contribution in [0.3, 0.4) is 0 Å². The van der Waals surface area contributed by atoms with E-state index in [1.807, 2.05) is 12.1 Å². The molecule has 0 atom stereocenters. The molecule has 0 fully saturated rings. The highest BCUT2D eigenvalue weighted by molar-refractivity contribution is 6.07. The van der Waals surface area contributed by atoms with E-state index in [-0.39, 0.29) is 22.4 Å². The van der Waals surface area contributed by atoms with Crippen LogP contribution in [0.2, 0.25) is 0 Å². The van der Waals surface area contributed by atoms with Crippen LogP contribution >= 0.6 is 0 Å². The summed E-state index contributed by atoms with van der Waals surface area (Å²) in [6.07, 6.45) is 0.995. The monoisotopic (exact) mass is 407 g/mol. The molecular weight excluding hydrogens is 381 g/mol. The van der Waals surface area contributed by atoms with Gasteiger partial charge in [-0.15, -0.1) is 0 Å². The lowest BCUT2D eigenvalue weighted by Gasteiger charge is -2.18. The third-order valence-corrected chi connectivity index (χ3v) is 4.43. The average molecular weight is 407 g/mol. The maximum Gasteiger partial charge on any atom is 0.259 e. The van der Waals surface area contributed by atoms with Crippen molar-refractivity contribution >= 4 is 17.4 Å². The zero-order valence-electron chi connectivity index (χ0n) is 17.6. The zero-order valence-corrected chi connectivity index (χ0v) is 17.6. The lowest BCUT2D eigenvalue weighted by Crippen LogP contribution is -2.16. The number of nitrogens with one attached hydrogen (secondary N) is 1. The van der Waals surface area contributed by atoms with Crippen LogP contribution in [0.4, 0.5) is 15.9 Å². The predicted molar refractivity (Wildman–Crippen MR) is 117 cm³/mol. The van der Waals surface area contributed by atoms with E-state index in [2.05, 4.69) is 43.2 Å². The van der Waals surface area contributed by atoms with Gasteiger partial charge >= 0.3 is 0 Å². The fourth-order valence-electron chi connectivity index (χ4n) is 3.01. The number of nitrogen functional groups attached to an aromatic ring is 1. The van der Waals surface area contributed by atoms with E-state index in [1.165, 1.54) is 18.6 Å². The summed E-state index contributed by atoms with van der Waals surface area (Å²) in [5.74, 6) is 0.106. The van der Waals surface area contributed by atoms with E-state index in [0.29, 0.717) is 11.4 Å². The first-order chi connectivity index (χ1) is 14.1. The molecule has 3 aromatic rings. The highest BCUT2D eigenvalue weighted by Crippen LogP contribution is 2.26.